The number of benzene rings is 1. The molecule has 2 aromatic rings. The third kappa shape index (κ3) is 4.74. The molecule has 0 spiro atoms. The van der Waals surface area contributed by atoms with Crippen LogP contribution in [0.3, 0.4) is 0 Å². The van der Waals surface area contributed by atoms with Gasteiger partial charge in [0, 0.05) is 22.7 Å². The predicted octanol–water partition coefficient (Wildman–Crippen LogP) is 4.02. The summed E-state index contributed by atoms with van der Waals surface area (Å²) in [6.07, 6.45) is 0.884. The molecule has 0 aliphatic rings. The number of hydrogen-bond acceptors (Lipinski definition) is 4. The number of aromatic nitrogens is 3. The van der Waals surface area contributed by atoms with Crippen LogP contribution in [0.1, 0.15) is 34.1 Å². The Bertz CT molecular complexity index is 697. The Kier molecular flexibility index (Phi) is 6.29. The molecule has 1 heterocycles. The summed E-state index contributed by atoms with van der Waals surface area (Å²) in [6.45, 7) is 8.85. The number of rotatable bonds is 7. The molecule has 7 heteroatoms. The lowest BCUT2D eigenvalue weighted by molar-refractivity contribution is -0.120. The Hall–Kier alpha value is -1.53. The highest BCUT2D eigenvalue weighted by Gasteiger charge is 2.19. The molecule has 0 saturated carbocycles. The van der Waals surface area contributed by atoms with Crippen LogP contribution in [0.5, 0.6) is 0 Å². The van der Waals surface area contributed by atoms with Gasteiger partial charge in [-0.2, -0.15) is 0 Å². The molecule has 1 aromatic carbocycles. The molecule has 0 bridgehead atoms. The van der Waals surface area contributed by atoms with Gasteiger partial charge in [-0.15, -0.1) is 10.2 Å². The van der Waals surface area contributed by atoms with E-state index in [4.69, 9.17) is 11.6 Å². The minimum atomic E-state index is -0.190. The van der Waals surface area contributed by atoms with E-state index >= 15 is 0 Å². The van der Waals surface area contributed by atoms with E-state index in [0.29, 0.717) is 10.8 Å². The molecule has 0 saturated heterocycles. The first kappa shape index (κ1) is 18.8. The van der Waals surface area contributed by atoms with Crippen molar-refractivity contribution in [2.45, 2.75) is 51.4 Å². The van der Waals surface area contributed by atoms with Gasteiger partial charge in [-0.3, -0.25) is 4.79 Å². The van der Waals surface area contributed by atoms with E-state index in [2.05, 4.69) is 22.4 Å². The standard InChI is InChI=1S/C17H23ClN4OS/c1-5-17(3,4)19-14(23)11-24-16-21-20-15(22(16)6-2)12-7-9-13(18)10-8-12/h7-10H,5-6,11H2,1-4H3,(H,19,23). The van der Waals surface area contributed by atoms with Gasteiger partial charge in [-0.05, 0) is 51.5 Å². The van der Waals surface area contributed by atoms with E-state index in [0.717, 1.165) is 29.5 Å². The second-order valence-corrected chi connectivity index (χ2v) is 7.51. The number of carbonyl (C=O) groups is 1. The maximum atomic E-state index is 12.1. The molecule has 0 unspecified atom stereocenters. The number of amides is 1. The molecule has 24 heavy (non-hydrogen) atoms. The zero-order chi connectivity index (χ0) is 17.7. The molecule has 0 fully saturated rings. The van der Waals surface area contributed by atoms with Crippen molar-refractivity contribution in [2.24, 2.45) is 0 Å². The lowest BCUT2D eigenvalue weighted by Gasteiger charge is -2.24. The highest BCUT2D eigenvalue weighted by molar-refractivity contribution is 7.99. The van der Waals surface area contributed by atoms with Gasteiger partial charge in [0.15, 0.2) is 11.0 Å². The maximum absolute atomic E-state index is 12.1. The van der Waals surface area contributed by atoms with Crippen molar-refractivity contribution < 1.29 is 4.79 Å². The second kappa shape index (κ2) is 8.03. The van der Waals surface area contributed by atoms with Crippen LogP contribution in [0.15, 0.2) is 29.4 Å². The Morgan fingerprint density at radius 1 is 1.25 bits per heavy atom. The first-order valence-electron chi connectivity index (χ1n) is 7.99. The van der Waals surface area contributed by atoms with Crippen molar-refractivity contribution in [3.05, 3.63) is 29.3 Å². The SMILES string of the molecule is CCn1c(SCC(=O)NC(C)(C)CC)nnc1-c1ccc(Cl)cc1. The predicted molar refractivity (Wildman–Crippen MR) is 99.4 cm³/mol. The van der Waals surface area contributed by atoms with Gasteiger partial charge in [0.05, 0.1) is 5.75 Å². The summed E-state index contributed by atoms with van der Waals surface area (Å²) in [4.78, 5) is 12.1. The lowest BCUT2D eigenvalue weighted by atomic mass is 10.0. The van der Waals surface area contributed by atoms with Gasteiger partial charge in [0.25, 0.3) is 0 Å². The highest BCUT2D eigenvalue weighted by atomic mass is 35.5. The second-order valence-electron chi connectivity index (χ2n) is 6.13. The smallest absolute Gasteiger partial charge is 0.230 e. The molecule has 1 amide bonds. The number of carbonyl (C=O) groups excluding carboxylic acids is 1. The molecule has 1 aromatic heterocycles. The largest absolute Gasteiger partial charge is 0.351 e. The molecule has 2 rings (SSSR count). The van der Waals surface area contributed by atoms with Crippen molar-refractivity contribution in [1.82, 2.24) is 20.1 Å². The van der Waals surface area contributed by atoms with Gasteiger partial charge in [-0.1, -0.05) is 30.3 Å². The third-order valence-electron chi connectivity index (χ3n) is 3.83. The monoisotopic (exact) mass is 366 g/mol. The Morgan fingerprint density at radius 2 is 1.92 bits per heavy atom. The topological polar surface area (TPSA) is 59.8 Å². The highest BCUT2D eigenvalue weighted by Crippen LogP contribution is 2.25. The third-order valence-corrected chi connectivity index (χ3v) is 5.05. The lowest BCUT2D eigenvalue weighted by Crippen LogP contribution is -2.43. The van der Waals surface area contributed by atoms with Crippen LogP contribution in [-0.4, -0.2) is 32.0 Å². The number of hydrogen-bond donors (Lipinski definition) is 1. The van der Waals surface area contributed by atoms with Crippen LogP contribution < -0.4 is 5.32 Å². The van der Waals surface area contributed by atoms with Crippen LogP contribution in [0.2, 0.25) is 5.02 Å². The summed E-state index contributed by atoms with van der Waals surface area (Å²) in [5.74, 6) is 1.11. The van der Waals surface area contributed by atoms with Crippen molar-refractivity contribution in [1.29, 1.82) is 0 Å². The average Bonchev–Trinajstić information content (AvgIpc) is 2.96. The zero-order valence-corrected chi connectivity index (χ0v) is 16.0. The van der Waals surface area contributed by atoms with Crippen molar-refractivity contribution in [3.63, 3.8) is 0 Å². The summed E-state index contributed by atoms with van der Waals surface area (Å²) >= 11 is 7.34. The number of nitrogens with zero attached hydrogens (tertiary/aromatic N) is 3. The van der Waals surface area contributed by atoms with Gasteiger partial charge < -0.3 is 9.88 Å². The van der Waals surface area contributed by atoms with Gasteiger partial charge in [0.1, 0.15) is 0 Å². The molecule has 0 aliphatic carbocycles. The van der Waals surface area contributed by atoms with E-state index in [9.17, 15) is 4.79 Å². The van der Waals surface area contributed by atoms with E-state index in [-0.39, 0.29) is 11.4 Å². The zero-order valence-electron chi connectivity index (χ0n) is 14.5. The molecule has 0 atom stereocenters. The Balaban J connectivity index is 2.09. The summed E-state index contributed by atoms with van der Waals surface area (Å²) in [7, 11) is 0. The van der Waals surface area contributed by atoms with Crippen LogP contribution in [0.25, 0.3) is 11.4 Å². The van der Waals surface area contributed by atoms with E-state index < -0.39 is 0 Å². The fraction of sp³-hybridized carbons (Fsp3) is 0.471. The molecule has 0 radical (unpaired) electrons. The minimum absolute atomic E-state index is 0.00514. The number of nitrogens with one attached hydrogen (secondary N) is 1. The first-order valence-corrected chi connectivity index (χ1v) is 9.35. The number of halogens is 1. The fourth-order valence-electron chi connectivity index (χ4n) is 2.13. The number of thioether (sulfide) groups is 1. The minimum Gasteiger partial charge on any atom is -0.351 e. The molecular formula is C17H23ClN4OS. The van der Waals surface area contributed by atoms with Crippen molar-refractivity contribution in [3.8, 4) is 11.4 Å². The van der Waals surface area contributed by atoms with Crippen LogP contribution in [-0.2, 0) is 11.3 Å². The molecule has 0 aliphatic heterocycles. The molecule has 1 N–H and O–H groups in total. The van der Waals surface area contributed by atoms with Crippen molar-refractivity contribution >= 4 is 29.3 Å². The summed E-state index contributed by atoms with van der Waals surface area (Å²) in [5.41, 5.74) is 0.766. The first-order chi connectivity index (χ1) is 11.4. The van der Waals surface area contributed by atoms with Gasteiger partial charge in [-0.25, -0.2) is 0 Å². The van der Waals surface area contributed by atoms with E-state index in [1.165, 1.54) is 11.8 Å². The molecular weight excluding hydrogens is 344 g/mol. The molecule has 5 nitrogen and oxygen atoms in total. The van der Waals surface area contributed by atoms with Gasteiger partial charge in [0.2, 0.25) is 5.91 Å². The van der Waals surface area contributed by atoms with Crippen LogP contribution >= 0.6 is 23.4 Å². The Morgan fingerprint density at radius 3 is 2.50 bits per heavy atom. The van der Waals surface area contributed by atoms with E-state index in [1.807, 2.05) is 49.6 Å². The average molecular weight is 367 g/mol. The van der Waals surface area contributed by atoms with Crippen LogP contribution in [0, 0.1) is 0 Å². The summed E-state index contributed by atoms with van der Waals surface area (Å²) < 4.78 is 2.01. The summed E-state index contributed by atoms with van der Waals surface area (Å²) in [5, 5.41) is 13.0. The van der Waals surface area contributed by atoms with Crippen LogP contribution in [0.4, 0.5) is 0 Å². The summed E-state index contributed by atoms with van der Waals surface area (Å²) in [6, 6.07) is 7.50. The van der Waals surface area contributed by atoms with Gasteiger partial charge >= 0.3 is 0 Å². The van der Waals surface area contributed by atoms with Crippen molar-refractivity contribution in [2.75, 3.05) is 5.75 Å². The Labute approximate surface area is 152 Å². The maximum Gasteiger partial charge on any atom is 0.230 e. The quantitative estimate of drug-likeness (QED) is 0.752. The molecule has 130 valence electrons. The van der Waals surface area contributed by atoms with E-state index in [1.54, 1.807) is 0 Å². The fourth-order valence-corrected chi connectivity index (χ4v) is 3.05. The normalized spacial score (nSPS) is 11.5.